The van der Waals surface area contributed by atoms with Crippen molar-refractivity contribution in [2.75, 3.05) is 13.1 Å². The van der Waals surface area contributed by atoms with E-state index >= 15 is 0 Å². The summed E-state index contributed by atoms with van der Waals surface area (Å²) in [5.41, 5.74) is 1.37. The van der Waals surface area contributed by atoms with Crippen LogP contribution in [0.1, 0.15) is 65.5 Å². The largest absolute Gasteiger partial charge is 0.444 e. The van der Waals surface area contributed by atoms with Crippen molar-refractivity contribution in [2.24, 2.45) is 11.8 Å². The summed E-state index contributed by atoms with van der Waals surface area (Å²) in [5.74, 6) is -0.0781. The third-order valence-corrected chi connectivity index (χ3v) is 7.59. The molecule has 0 aromatic carbocycles. The molecule has 186 valence electrons. The highest BCUT2D eigenvalue weighted by Crippen LogP contribution is 2.51. The minimum Gasteiger partial charge on any atom is -0.444 e. The maximum atomic E-state index is 12.8. The van der Waals surface area contributed by atoms with Gasteiger partial charge in [-0.15, -0.1) is 0 Å². The average molecular weight is 491 g/mol. The summed E-state index contributed by atoms with van der Waals surface area (Å²) in [6, 6.07) is 0.0656. The van der Waals surface area contributed by atoms with Gasteiger partial charge in [-0.2, -0.15) is 0 Å². The zero-order valence-corrected chi connectivity index (χ0v) is 21.6. The molecule has 5 atom stereocenters. The van der Waals surface area contributed by atoms with E-state index in [2.05, 4.69) is 20.7 Å². The summed E-state index contributed by atoms with van der Waals surface area (Å²) >= 11 is 6.41. The molecule has 2 saturated heterocycles. The zero-order chi connectivity index (χ0) is 24.4. The fourth-order valence-corrected chi connectivity index (χ4v) is 6.33. The van der Waals surface area contributed by atoms with E-state index in [1.807, 2.05) is 46.4 Å². The van der Waals surface area contributed by atoms with Crippen molar-refractivity contribution >= 4 is 28.7 Å². The molecule has 0 spiro atoms. The summed E-state index contributed by atoms with van der Waals surface area (Å²) in [6.45, 7) is 13.1. The molecule has 5 rings (SSSR count). The molecule has 34 heavy (non-hydrogen) atoms. The number of carbonyl (C=O) groups is 1. The van der Waals surface area contributed by atoms with E-state index in [1.54, 1.807) is 0 Å². The van der Waals surface area contributed by atoms with Crippen LogP contribution in [0.5, 0.6) is 0 Å². The first-order chi connectivity index (χ1) is 15.9. The Bertz CT molecular complexity index is 1090. The van der Waals surface area contributed by atoms with Crippen LogP contribution in [0.4, 0.5) is 4.79 Å². The Morgan fingerprint density at radius 2 is 1.97 bits per heavy atom. The van der Waals surface area contributed by atoms with E-state index in [0.29, 0.717) is 17.6 Å². The molecular weight excluding hydrogens is 456 g/mol. The smallest absolute Gasteiger partial charge is 0.410 e. The molecule has 9 heteroatoms. The fourth-order valence-electron chi connectivity index (χ4n) is 6.05. The van der Waals surface area contributed by atoms with Gasteiger partial charge in [-0.1, -0.05) is 11.6 Å². The molecule has 1 amide bonds. The Morgan fingerprint density at radius 3 is 2.71 bits per heavy atom. The Labute approximate surface area is 205 Å². The molecule has 1 aliphatic carbocycles. The quantitative estimate of drug-likeness (QED) is 0.543. The second kappa shape index (κ2) is 8.35. The molecule has 8 nitrogen and oxygen atoms in total. The maximum Gasteiger partial charge on any atom is 0.410 e. The highest BCUT2D eigenvalue weighted by atomic mass is 35.5. The van der Waals surface area contributed by atoms with Crippen LogP contribution in [0.3, 0.4) is 0 Å². The Hall–Kier alpha value is -1.90. The van der Waals surface area contributed by atoms with E-state index in [4.69, 9.17) is 25.8 Å². The predicted molar refractivity (Wildman–Crippen MR) is 129 cm³/mol. The number of likely N-dealkylation sites (tertiary alicyclic amines) is 1. The molecule has 3 aliphatic rings. The number of ether oxygens (including phenoxy) is 3. The van der Waals surface area contributed by atoms with Gasteiger partial charge in [0.2, 0.25) is 0 Å². The van der Waals surface area contributed by atoms with E-state index in [9.17, 15) is 4.79 Å². The predicted octanol–water partition coefficient (Wildman–Crippen LogP) is 5.12. The van der Waals surface area contributed by atoms with Crippen molar-refractivity contribution < 1.29 is 19.0 Å². The first kappa shape index (κ1) is 23.8. The van der Waals surface area contributed by atoms with Crippen LogP contribution in [0, 0.1) is 18.8 Å². The Morgan fingerprint density at radius 1 is 1.24 bits per heavy atom. The number of aryl methyl sites for hydroxylation is 1. The van der Waals surface area contributed by atoms with Crippen LogP contribution in [0.25, 0.3) is 11.0 Å². The van der Waals surface area contributed by atoms with Crippen molar-refractivity contribution in [2.45, 2.75) is 90.4 Å². The number of hydrogen-bond acceptors (Lipinski definition) is 6. The van der Waals surface area contributed by atoms with Crippen LogP contribution in [0.2, 0.25) is 5.15 Å². The molecule has 0 N–H and O–H groups in total. The summed E-state index contributed by atoms with van der Waals surface area (Å²) in [7, 11) is 0. The molecule has 1 saturated carbocycles. The SMILES string of the molecule is Cc1cn([C@@H]2C[C@H](C3CCCN(C(=O)OC(C)(C)C)C3)[C@H]3OC(C)(C)O[C@H]32)c2ncnc(Cl)c12. The molecule has 1 unspecified atom stereocenters. The van der Waals surface area contributed by atoms with Crippen LogP contribution < -0.4 is 0 Å². The maximum absolute atomic E-state index is 12.8. The summed E-state index contributed by atoms with van der Waals surface area (Å²) in [4.78, 5) is 23.4. The monoisotopic (exact) mass is 490 g/mol. The van der Waals surface area contributed by atoms with Gasteiger partial charge in [0.05, 0.1) is 17.5 Å². The van der Waals surface area contributed by atoms with Gasteiger partial charge in [-0.3, -0.25) is 0 Å². The van der Waals surface area contributed by atoms with Gasteiger partial charge in [0.15, 0.2) is 5.79 Å². The number of aromatic nitrogens is 3. The van der Waals surface area contributed by atoms with Crippen LogP contribution in [-0.2, 0) is 14.2 Å². The average Bonchev–Trinajstić information content (AvgIpc) is 3.35. The van der Waals surface area contributed by atoms with Gasteiger partial charge >= 0.3 is 6.09 Å². The number of amides is 1. The molecule has 2 aromatic rings. The van der Waals surface area contributed by atoms with Crippen molar-refractivity contribution in [3.63, 3.8) is 0 Å². The number of rotatable bonds is 2. The van der Waals surface area contributed by atoms with Crippen LogP contribution in [0.15, 0.2) is 12.5 Å². The number of piperidine rings is 1. The van der Waals surface area contributed by atoms with Gasteiger partial charge in [0, 0.05) is 19.3 Å². The van der Waals surface area contributed by atoms with E-state index in [1.165, 1.54) is 6.33 Å². The molecule has 2 aliphatic heterocycles. The molecular formula is C25H35ClN4O4. The lowest BCUT2D eigenvalue weighted by Crippen LogP contribution is -2.46. The van der Waals surface area contributed by atoms with Crippen molar-refractivity contribution in [3.05, 3.63) is 23.2 Å². The highest BCUT2D eigenvalue weighted by Gasteiger charge is 2.56. The number of carbonyl (C=O) groups excluding carboxylic acids is 1. The van der Waals surface area contributed by atoms with Crippen molar-refractivity contribution in [1.82, 2.24) is 19.4 Å². The molecule has 2 aromatic heterocycles. The Balaban J connectivity index is 1.44. The topological polar surface area (TPSA) is 78.7 Å². The molecule has 4 heterocycles. The van der Waals surface area contributed by atoms with Gasteiger partial charge < -0.3 is 23.7 Å². The lowest BCUT2D eigenvalue weighted by Gasteiger charge is -2.38. The molecule has 0 bridgehead atoms. The summed E-state index contributed by atoms with van der Waals surface area (Å²) < 4.78 is 20.8. The van der Waals surface area contributed by atoms with Crippen LogP contribution >= 0.6 is 11.6 Å². The van der Waals surface area contributed by atoms with Crippen molar-refractivity contribution in [1.29, 1.82) is 0 Å². The summed E-state index contributed by atoms with van der Waals surface area (Å²) in [5, 5.41) is 1.35. The minimum atomic E-state index is -0.656. The third kappa shape index (κ3) is 4.29. The zero-order valence-electron chi connectivity index (χ0n) is 20.9. The normalized spacial score (nSPS) is 31.1. The minimum absolute atomic E-state index is 0.0429. The molecule has 0 radical (unpaired) electrons. The lowest BCUT2D eigenvalue weighted by molar-refractivity contribution is -0.163. The van der Waals surface area contributed by atoms with Gasteiger partial charge in [-0.25, -0.2) is 14.8 Å². The number of halogens is 1. The van der Waals surface area contributed by atoms with Gasteiger partial charge in [0.1, 0.15) is 28.8 Å². The number of fused-ring (bicyclic) bond motifs is 2. The van der Waals surface area contributed by atoms with Gasteiger partial charge in [-0.05, 0) is 78.2 Å². The first-order valence-corrected chi connectivity index (χ1v) is 12.6. The second-order valence-electron chi connectivity index (χ2n) is 11.4. The molecule has 3 fully saturated rings. The highest BCUT2D eigenvalue weighted by molar-refractivity contribution is 6.34. The van der Waals surface area contributed by atoms with E-state index < -0.39 is 11.4 Å². The Kier molecular flexibility index (Phi) is 5.85. The number of hydrogen-bond donors (Lipinski definition) is 0. The van der Waals surface area contributed by atoms with Crippen LogP contribution in [-0.4, -0.2) is 62.2 Å². The third-order valence-electron chi connectivity index (χ3n) is 7.30. The number of nitrogens with zero attached hydrogens (tertiary/aromatic N) is 4. The lowest BCUT2D eigenvalue weighted by atomic mass is 9.83. The standard InChI is InChI=1S/C25H35ClN4O4/c1-14-11-30(22-18(14)21(26)27-13-28-22)17-10-16(19-20(17)33-25(5,6)32-19)15-8-7-9-29(12-15)23(31)34-24(2,3)4/h11,13,15-17,19-20H,7-10,12H2,1-6H3/t15?,16-,17-,19-,20+/m1/s1. The second-order valence-corrected chi connectivity index (χ2v) is 11.8. The van der Waals surface area contributed by atoms with E-state index in [-0.39, 0.29) is 30.3 Å². The fraction of sp³-hybridized carbons (Fsp3) is 0.720. The van der Waals surface area contributed by atoms with E-state index in [0.717, 1.165) is 42.4 Å². The summed E-state index contributed by atoms with van der Waals surface area (Å²) in [6.07, 6.45) is 6.16. The van der Waals surface area contributed by atoms with Gasteiger partial charge in [0.25, 0.3) is 0 Å². The first-order valence-electron chi connectivity index (χ1n) is 12.2. The van der Waals surface area contributed by atoms with Crippen molar-refractivity contribution in [3.8, 4) is 0 Å².